The van der Waals surface area contributed by atoms with Gasteiger partial charge in [-0.25, -0.2) is 0 Å². The molecule has 0 heterocycles. The molecule has 0 aromatic rings. The van der Waals surface area contributed by atoms with Crippen molar-refractivity contribution in [2.45, 2.75) is 51.1 Å². The van der Waals surface area contributed by atoms with Crippen molar-refractivity contribution in [1.82, 2.24) is 10.2 Å². The molecule has 2 N–H and O–H groups in total. The van der Waals surface area contributed by atoms with Gasteiger partial charge in [-0.1, -0.05) is 13.3 Å². The summed E-state index contributed by atoms with van der Waals surface area (Å²) < 4.78 is 0. The summed E-state index contributed by atoms with van der Waals surface area (Å²) in [6.07, 6.45) is 4.15. The molecule has 4 nitrogen and oxygen atoms in total. The van der Waals surface area contributed by atoms with Crippen LogP contribution in [0.3, 0.4) is 0 Å². The van der Waals surface area contributed by atoms with Crippen LogP contribution in [0.2, 0.25) is 0 Å². The lowest BCUT2D eigenvalue weighted by Crippen LogP contribution is -2.51. The normalized spacial score (nSPS) is 19.8. The topological polar surface area (TPSA) is 52.6 Å². The molecule has 0 aromatic carbocycles. The number of carbonyl (C=O) groups is 1. The number of aliphatic carboxylic acids is 1. The molecule has 1 aliphatic carbocycles. The van der Waals surface area contributed by atoms with Crippen LogP contribution in [0.1, 0.15) is 39.5 Å². The van der Waals surface area contributed by atoms with Gasteiger partial charge in [-0.05, 0) is 33.2 Å². The van der Waals surface area contributed by atoms with Crippen LogP contribution < -0.4 is 5.32 Å². The van der Waals surface area contributed by atoms with E-state index in [-0.39, 0.29) is 0 Å². The molecule has 0 bridgehead atoms. The first-order valence-electron chi connectivity index (χ1n) is 6.18. The van der Waals surface area contributed by atoms with E-state index in [0.29, 0.717) is 6.42 Å². The van der Waals surface area contributed by atoms with Crippen molar-refractivity contribution in [3.05, 3.63) is 0 Å². The maximum atomic E-state index is 11.2. The van der Waals surface area contributed by atoms with Crippen molar-refractivity contribution in [2.24, 2.45) is 0 Å². The second-order valence-corrected chi connectivity index (χ2v) is 5.03. The van der Waals surface area contributed by atoms with Gasteiger partial charge in [-0.15, -0.1) is 0 Å². The molecular weight excluding hydrogens is 204 g/mol. The van der Waals surface area contributed by atoms with Crippen molar-refractivity contribution < 1.29 is 9.90 Å². The number of nitrogens with one attached hydrogen (secondary N) is 1. The van der Waals surface area contributed by atoms with E-state index in [9.17, 15) is 9.90 Å². The number of hydrogen-bond acceptors (Lipinski definition) is 3. The molecule has 4 heteroatoms. The van der Waals surface area contributed by atoms with Crippen LogP contribution in [0.25, 0.3) is 0 Å². The molecule has 1 saturated carbocycles. The van der Waals surface area contributed by atoms with Crippen molar-refractivity contribution >= 4 is 5.97 Å². The van der Waals surface area contributed by atoms with Crippen LogP contribution in [0.4, 0.5) is 0 Å². The minimum Gasteiger partial charge on any atom is -0.480 e. The highest BCUT2D eigenvalue weighted by molar-refractivity contribution is 5.78. The van der Waals surface area contributed by atoms with Gasteiger partial charge < -0.3 is 15.3 Å². The maximum absolute atomic E-state index is 11.2. The molecular formula is C12H24N2O2. The summed E-state index contributed by atoms with van der Waals surface area (Å²) in [7, 11) is 2.11. The Labute approximate surface area is 98.0 Å². The van der Waals surface area contributed by atoms with Gasteiger partial charge in [0.05, 0.1) is 0 Å². The fraction of sp³-hybridized carbons (Fsp3) is 0.917. The third-order valence-electron chi connectivity index (χ3n) is 3.37. The van der Waals surface area contributed by atoms with E-state index in [1.54, 1.807) is 6.92 Å². The zero-order valence-corrected chi connectivity index (χ0v) is 10.6. The molecule has 1 fully saturated rings. The highest BCUT2D eigenvalue weighted by atomic mass is 16.4. The Morgan fingerprint density at radius 1 is 1.56 bits per heavy atom. The fourth-order valence-corrected chi connectivity index (χ4v) is 1.98. The van der Waals surface area contributed by atoms with Gasteiger partial charge in [-0.2, -0.15) is 0 Å². The number of nitrogens with zero attached hydrogens (tertiary/aromatic N) is 1. The smallest absolute Gasteiger partial charge is 0.323 e. The third kappa shape index (κ3) is 3.76. The Kier molecular flexibility index (Phi) is 4.74. The highest BCUT2D eigenvalue weighted by Crippen LogP contribution is 2.24. The molecule has 1 rings (SSSR count). The average molecular weight is 228 g/mol. The molecule has 94 valence electrons. The Hall–Kier alpha value is -0.610. The lowest BCUT2D eigenvalue weighted by molar-refractivity contribution is -0.144. The predicted molar refractivity (Wildman–Crippen MR) is 64.6 cm³/mol. The number of rotatable bonds is 8. The third-order valence-corrected chi connectivity index (χ3v) is 3.37. The highest BCUT2D eigenvalue weighted by Gasteiger charge is 2.32. The van der Waals surface area contributed by atoms with Gasteiger partial charge in [0.25, 0.3) is 0 Å². The molecule has 1 atom stereocenters. The molecule has 0 radical (unpaired) electrons. The summed E-state index contributed by atoms with van der Waals surface area (Å²) >= 11 is 0. The Balaban J connectivity index is 2.28. The first-order valence-corrected chi connectivity index (χ1v) is 6.18. The summed E-state index contributed by atoms with van der Waals surface area (Å²) in [6, 6.07) is 0.740. The molecule has 0 saturated heterocycles. The van der Waals surface area contributed by atoms with Gasteiger partial charge >= 0.3 is 5.97 Å². The first kappa shape index (κ1) is 13.5. The van der Waals surface area contributed by atoms with Gasteiger partial charge in [0.15, 0.2) is 0 Å². The van der Waals surface area contributed by atoms with Gasteiger partial charge in [0, 0.05) is 19.1 Å². The molecule has 0 spiro atoms. The number of carboxylic acids is 1. The summed E-state index contributed by atoms with van der Waals surface area (Å²) in [6.45, 7) is 5.46. The van der Waals surface area contributed by atoms with E-state index in [2.05, 4.69) is 17.3 Å². The van der Waals surface area contributed by atoms with Gasteiger partial charge in [0.2, 0.25) is 0 Å². The molecule has 0 aliphatic heterocycles. The molecule has 0 amide bonds. The van der Waals surface area contributed by atoms with E-state index in [0.717, 1.165) is 25.6 Å². The van der Waals surface area contributed by atoms with Crippen LogP contribution in [0, 0.1) is 0 Å². The van der Waals surface area contributed by atoms with Gasteiger partial charge in [-0.3, -0.25) is 4.79 Å². The second kappa shape index (κ2) is 5.64. The summed E-state index contributed by atoms with van der Waals surface area (Å²) in [5.41, 5.74) is -0.765. The van der Waals surface area contributed by atoms with Crippen molar-refractivity contribution in [3.8, 4) is 0 Å². The standard InChI is InChI=1S/C12H24N2O2/c1-4-7-12(2,11(15)16)13-8-9-14(3)10-5-6-10/h10,13H,4-9H2,1-3H3,(H,15,16). The Bertz CT molecular complexity index is 241. The summed E-state index contributed by atoms with van der Waals surface area (Å²) in [5, 5.41) is 12.3. The van der Waals surface area contributed by atoms with Crippen molar-refractivity contribution in [2.75, 3.05) is 20.1 Å². The average Bonchev–Trinajstić information content (AvgIpc) is 3.00. The van der Waals surface area contributed by atoms with Crippen LogP contribution in [-0.4, -0.2) is 47.7 Å². The zero-order valence-electron chi connectivity index (χ0n) is 10.6. The predicted octanol–water partition coefficient (Wildman–Crippen LogP) is 1.31. The Morgan fingerprint density at radius 2 is 2.19 bits per heavy atom. The van der Waals surface area contributed by atoms with E-state index in [4.69, 9.17) is 0 Å². The minimum absolute atomic E-state index is 0.676. The molecule has 16 heavy (non-hydrogen) atoms. The largest absolute Gasteiger partial charge is 0.480 e. The van der Waals surface area contributed by atoms with E-state index >= 15 is 0 Å². The lowest BCUT2D eigenvalue weighted by Gasteiger charge is -2.27. The van der Waals surface area contributed by atoms with E-state index in [1.807, 2.05) is 6.92 Å². The van der Waals surface area contributed by atoms with Crippen LogP contribution in [-0.2, 0) is 4.79 Å². The first-order chi connectivity index (χ1) is 7.49. The minimum atomic E-state index is -0.765. The van der Waals surface area contributed by atoms with Crippen LogP contribution in [0.15, 0.2) is 0 Å². The second-order valence-electron chi connectivity index (χ2n) is 5.03. The molecule has 1 unspecified atom stereocenters. The van der Waals surface area contributed by atoms with Crippen LogP contribution >= 0.6 is 0 Å². The molecule has 0 aromatic heterocycles. The number of carboxylic acid groups (broad SMARTS) is 1. The van der Waals surface area contributed by atoms with Gasteiger partial charge in [0.1, 0.15) is 5.54 Å². The van der Waals surface area contributed by atoms with Crippen LogP contribution in [0.5, 0.6) is 0 Å². The number of likely N-dealkylation sites (N-methyl/N-ethyl adjacent to an activating group) is 1. The van der Waals surface area contributed by atoms with E-state index in [1.165, 1.54) is 12.8 Å². The fourth-order valence-electron chi connectivity index (χ4n) is 1.98. The molecule has 1 aliphatic rings. The zero-order chi connectivity index (χ0) is 12.2. The SMILES string of the molecule is CCCC(C)(NCCN(C)C1CC1)C(=O)O. The summed E-state index contributed by atoms with van der Waals surface area (Å²) in [4.78, 5) is 13.5. The summed E-state index contributed by atoms with van der Waals surface area (Å²) in [5.74, 6) is -0.747. The number of hydrogen-bond donors (Lipinski definition) is 2. The van der Waals surface area contributed by atoms with E-state index < -0.39 is 11.5 Å². The maximum Gasteiger partial charge on any atom is 0.323 e. The lowest BCUT2D eigenvalue weighted by atomic mass is 9.96. The monoisotopic (exact) mass is 228 g/mol. The Morgan fingerprint density at radius 3 is 2.62 bits per heavy atom. The quantitative estimate of drug-likeness (QED) is 0.658. The van der Waals surface area contributed by atoms with Crippen molar-refractivity contribution in [3.63, 3.8) is 0 Å². The van der Waals surface area contributed by atoms with Crippen molar-refractivity contribution in [1.29, 1.82) is 0 Å².